The van der Waals surface area contributed by atoms with Gasteiger partial charge in [-0.25, -0.2) is 4.99 Å². The van der Waals surface area contributed by atoms with Gasteiger partial charge in [0, 0.05) is 21.7 Å². The topological polar surface area (TPSA) is 34.4 Å². The SMILES string of the molecule is O=c1c2cccc3cccc(c4n1C1CC=Cc5cccc(c51)N=4)c32. The highest BCUT2D eigenvalue weighted by atomic mass is 16.1. The van der Waals surface area contributed by atoms with Crippen molar-refractivity contribution in [3.05, 3.63) is 87.6 Å². The molecular weight excluding hydrogens is 308 g/mol. The Kier molecular flexibility index (Phi) is 2.34. The van der Waals surface area contributed by atoms with Crippen molar-refractivity contribution in [3.63, 3.8) is 0 Å². The van der Waals surface area contributed by atoms with Crippen LogP contribution < -0.4 is 11.0 Å². The summed E-state index contributed by atoms with van der Waals surface area (Å²) < 4.78 is 1.91. The van der Waals surface area contributed by atoms with Crippen LogP contribution in [0.15, 0.2) is 70.5 Å². The smallest absolute Gasteiger partial charge is 0.260 e. The van der Waals surface area contributed by atoms with Crippen LogP contribution in [0, 0.1) is 0 Å². The van der Waals surface area contributed by atoms with Crippen LogP contribution in [0.1, 0.15) is 23.6 Å². The highest BCUT2D eigenvalue weighted by Gasteiger charge is 2.28. The van der Waals surface area contributed by atoms with E-state index in [1.807, 2.05) is 28.8 Å². The fourth-order valence-electron chi connectivity index (χ4n) is 4.43. The Morgan fingerprint density at radius 2 is 1.76 bits per heavy atom. The van der Waals surface area contributed by atoms with Crippen molar-refractivity contribution in [2.24, 2.45) is 4.99 Å². The molecule has 0 radical (unpaired) electrons. The molecule has 0 amide bonds. The fourth-order valence-corrected chi connectivity index (χ4v) is 4.43. The van der Waals surface area contributed by atoms with Crippen LogP contribution in [0.3, 0.4) is 0 Å². The zero-order valence-electron chi connectivity index (χ0n) is 13.4. The molecular formula is C22H14N2O. The second kappa shape index (κ2) is 4.45. The number of hydrogen-bond donors (Lipinski definition) is 0. The number of pyridine rings is 1. The number of benzene rings is 3. The summed E-state index contributed by atoms with van der Waals surface area (Å²) in [4.78, 5) is 18.3. The highest BCUT2D eigenvalue weighted by molar-refractivity contribution is 6.09. The van der Waals surface area contributed by atoms with Gasteiger partial charge in [-0.05, 0) is 29.5 Å². The van der Waals surface area contributed by atoms with Crippen molar-refractivity contribution >= 4 is 33.3 Å². The lowest BCUT2D eigenvalue weighted by Gasteiger charge is -2.29. The third-order valence-electron chi connectivity index (χ3n) is 5.47. The average molecular weight is 322 g/mol. The molecule has 0 N–H and O–H groups in total. The van der Waals surface area contributed by atoms with Gasteiger partial charge in [0.25, 0.3) is 5.56 Å². The molecule has 25 heavy (non-hydrogen) atoms. The number of nitrogens with zero attached hydrogens (tertiary/aromatic N) is 2. The molecule has 0 saturated heterocycles. The van der Waals surface area contributed by atoms with Gasteiger partial charge in [-0.2, -0.15) is 0 Å². The summed E-state index contributed by atoms with van der Waals surface area (Å²) in [7, 11) is 0. The van der Waals surface area contributed by atoms with Crippen LogP contribution in [0.4, 0.5) is 5.69 Å². The maximum atomic E-state index is 13.4. The van der Waals surface area contributed by atoms with E-state index in [9.17, 15) is 4.79 Å². The van der Waals surface area contributed by atoms with Gasteiger partial charge in [0.15, 0.2) is 0 Å². The average Bonchev–Trinajstić information content (AvgIpc) is 2.66. The van der Waals surface area contributed by atoms with Crippen molar-refractivity contribution in [2.45, 2.75) is 12.5 Å². The Hall–Kier alpha value is -3.20. The number of allylic oxidation sites excluding steroid dienone is 1. The summed E-state index contributed by atoms with van der Waals surface area (Å²) in [6.45, 7) is 0. The highest BCUT2D eigenvalue weighted by Crippen LogP contribution is 2.39. The Labute approximate surface area is 143 Å². The summed E-state index contributed by atoms with van der Waals surface area (Å²) in [5, 5.41) is 3.95. The summed E-state index contributed by atoms with van der Waals surface area (Å²) in [5.74, 6) is 0. The van der Waals surface area contributed by atoms with Gasteiger partial charge in [0.2, 0.25) is 0 Å². The molecule has 0 bridgehead atoms. The fraction of sp³-hybridized carbons (Fsp3) is 0.0909. The lowest BCUT2D eigenvalue weighted by atomic mass is 9.89. The van der Waals surface area contributed by atoms with E-state index < -0.39 is 0 Å². The van der Waals surface area contributed by atoms with Crippen molar-refractivity contribution in [1.29, 1.82) is 0 Å². The number of hydrogen-bond acceptors (Lipinski definition) is 2. The molecule has 118 valence electrons. The first kappa shape index (κ1) is 13.1. The van der Waals surface area contributed by atoms with E-state index in [-0.39, 0.29) is 11.6 Å². The van der Waals surface area contributed by atoms with Gasteiger partial charge in [0.05, 0.1) is 11.7 Å². The van der Waals surface area contributed by atoms with Gasteiger partial charge >= 0.3 is 0 Å². The normalized spacial score (nSPS) is 17.4. The Morgan fingerprint density at radius 3 is 2.64 bits per heavy atom. The van der Waals surface area contributed by atoms with Crippen LogP contribution in [0.25, 0.3) is 27.6 Å². The minimum absolute atomic E-state index is 0.0276. The van der Waals surface area contributed by atoms with Gasteiger partial charge in [-0.15, -0.1) is 0 Å². The first-order valence-electron chi connectivity index (χ1n) is 8.57. The molecule has 0 fully saturated rings. The van der Waals surface area contributed by atoms with Crippen LogP contribution in [0.5, 0.6) is 0 Å². The summed E-state index contributed by atoms with van der Waals surface area (Å²) >= 11 is 0. The third-order valence-corrected chi connectivity index (χ3v) is 5.47. The van der Waals surface area contributed by atoms with E-state index in [2.05, 4.69) is 42.5 Å². The molecule has 3 heteroatoms. The standard InChI is InChI=1S/C22H14N2O/c25-22-16-10-2-6-13-5-1-9-15(19(13)16)21-23-17-11-3-7-14-8-4-12-18(20(14)17)24(21)22/h1-11,18H,12H2. The van der Waals surface area contributed by atoms with E-state index in [0.29, 0.717) is 0 Å². The molecule has 0 saturated carbocycles. The summed E-state index contributed by atoms with van der Waals surface area (Å²) in [5.41, 5.74) is 4.18. The van der Waals surface area contributed by atoms with E-state index in [0.717, 1.165) is 39.1 Å². The lowest BCUT2D eigenvalue weighted by molar-refractivity contribution is 0.540. The lowest BCUT2D eigenvalue weighted by Crippen LogP contribution is -2.40. The van der Waals surface area contributed by atoms with Crippen LogP contribution in [-0.2, 0) is 0 Å². The second-order valence-corrected chi connectivity index (χ2v) is 6.75. The quantitative estimate of drug-likeness (QED) is 0.479. The van der Waals surface area contributed by atoms with E-state index in [1.165, 1.54) is 11.1 Å². The second-order valence-electron chi connectivity index (χ2n) is 6.75. The molecule has 3 aromatic carbocycles. The summed E-state index contributed by atoms with van der Waals surface area (Å²) in [6, 6.07) is 18.4. The van der Waals surface area contributed by atoms with Gasteiger partial charge < -0.3 is 0 Å². The van der Waals surface area contributed by atoms with Crippen molar-refractivity contribution in [1.82, 2.24) is 4.57 Å². The Morgan fingerprint density at radius 1 is 0.960 bits per heavy atom. The Bertz CT molecular complexity index is 1340. The predicted octanol–water partition coefficient (Wildman–Crippen LogP) is 4.14. The minimum Gasteiger partial charge on any atom is -0.284 e. The zero-order valence-corrected chi connectivity index (χ0v) is 13.4. The van der Waals surface area contributed by atoms with Crippen molar-refractivity contribution < 1.29 is 0 Å². The molecule has 6 rings (SSSR count). The maximum absolute atomic E-state index is 13.4. The van der Waals surface area contributed by atoms with Crippen LogP contribution in [0.2, 0.25) is 0 Å². The monoisotopic (exact) mass is 322 g/mol. The molecule has 4 aromatic rings. The van der Waals surface area contributed by atoms with Crippen LogP contribution >= 0.6 is 0 Å². The molecule has 3 nitrogen and oxygen atoms in total. The van der Waals surface area contributed by atoms with Crippen molar-refractivity contribution in [2.75, 3.05) is 0 Å². The summed E-state index contributed by atoms with van der Waals surface area (Å²) in [6.07, 6.45) is 5.12. The van der Waals surface area contributed by atoms with E-state index in [1.54, 1.807) is 0 Å². The zero-order chi connectivity index (χ0) is 16.5. The number of fused-ring (bicyclic) bond motifs is 3. The number of rotatable bonds is 0. The molecule has 0 spiro atoms. The third kappa shape index (κ3) is 1.55. The van der Waals surface area contributed by atoms with Gasteiger partial charge in [-0.3, -0.25) is 9.36 Å². The molecule has 1 aliphatic heterocycles. The van der Waals surface area contributed by atoms with Crippen LogP contribution in [-0.4, -0.2) is 4.57 Å². The Balaban J connectivity index is 1.92. The van der Waals surface area contributed by atoms with E-state index in [4.69, 9.17) is 4.99 Å². The largest absolute Gasteiger partial charge is 0.284 e. The van der Waals surface area contributed by atoms with E-state index >= 15 is 0 Å². The van der Waals surface area contributed by atoms with Crippen molar-refractivity contribution in [3.8, 4) is 0 Å². The molecule has 1 aromatic heterocycles. The molecule has 1 atom stereocenters. The van der Waals surface area contributed by atoms with Gasteiger partial charge in [0.1, 0.15) is 5.49 Å². The predicted molar refractivity (Wildman–Crippen MR) is 100 cm³/mol. The number of aromatic nitrogens is 1. The molecule has 1 aliphatic carbocycles. The maximum Gasteiger partial charge on any atom is 0.260 e. The molecule has 2 aliphatic rings. The molecule has 1 unspecified atom stereocenters. The molecule has 2 heterocycles. The first-order valence-corrected chi connectivity index (χ1v) is 8.57. The van der Waals surface area contributed by atoms with Gasteiger partial charge in [-0.1, -0.05) is 54.6 Å². The minimum atomic E-state index is 0.0276. The first-order chi connectivity index (χ1) is 12.3.